The Morgan fingerprint density at radius 3 is 2.61 bits per heavy atom. The van der Waals surface area contributed by atoms with E-state index >= 15 is 0 Å². The fraction of sp³-hybridized carbons (Fsp3) is 0.739. The molecule has 0 aliphatic carbocycles. The maximum Gasteiger partial charge on any atom is 0.269 e. The van der Waals surface area contributed by atoms with Gasteiger partial charge in [-0.05, 0) is 51.2 Å². The molecule has 0 bridgehead atoms. The molecule has 0 spiro atoms. The van der Waals surface area contributed by atoms with Crippen LogP contribution in [0.4, 0.5) is 5.82 Å². The first-order valence-corrected chi connectivity index (χ1v) is 10.8. The number of aromatic nitrogens is 1. The first-order valence-electron chi connectivity index (χ1n) is 10.8. The highest BCUT2D eigenvalue weighted by Crippen LogP contribution is 2.40. The fourth-order valence-electron chi connectivity index (χ4n) is 5.04. The van der Waals surface area contributed by atoms with Gasteiger partial charge in [0.15, 0.2) is 0 Å². The molecular formula is C23H36N4O. The van der Waals surface area contributed by atoms with Gasteiger partial charge in [-0.3, -0.25) is 4.90 Å². The van der Waals surface area contributed by atoms with Crippen LogP contribution < -0.4 is 0 Å². The summed E-state index contributed by atoms with van der Waals surface area (Å²) in [5.41, 5.74) is 1.12. The Morgan fingerprint density at radius 1 is 1.21 bits per heavy atom. The van der Waals surface area contributed by atoms with Crippen molar-refractivity contribution in [3.63, 3.8) is 0 Å². The van der Waals surface area contributed by atoms with E-state index in [0.717, 1.165) is 70.1 Å². The van der Waals surface area contributed by atoms with E-state index in [4.69, 9.17) is 11.3 Å². The van der Waals surface area contributed by atoms with Gasteiger partial charge in [0.1, 0.15) is 5.69 Å². The van der Waals surface area contributed by atoms with Crippen molar-refractivity contribution in [3.05, 3.63) is 35.3 Å². The lowest BCUT2D eigenvalue weighted by atomic mass is 9.76. The van der Waals surface area contributed by atoms with Crippen LogP contribution in [0.5, 0.6) is 0 Å². The van der Waals surface area contributed by atoms with Gasteiger partial charge in [0.2, 0.25) is 0 Å². The molecule has 2 aliphatic heterocycles. The van der Waals surface area contributed by atoms with Crippen molar-refractivity contribution in [2.45, 2.75) is 64.5 Å². The van der Waals surface area contributed by atoms with Crippen molar-refractivity contribution in [2.75, 3.05) is 39.3 Å². The highest BCUT2D eigenvalue weighted by Gasteiger charge is 2.45. The Labute approximate surface area is 170 Å². The number of nitrogens with zero attached hydrogens (tertiary/aromatic N) is 4. The lowest BCUT2D eigenvalue weighted by molar-refractivity contribution is -0.130. The number of hydrogen-bond donors (Lipinski definition) is 0. The van der Waals surface area contributed by atoms with E-state index in [9.17, 15) is 0 Å². The summed E-state index contributed by atoms with van der Waals surface area (Å²) in [5.74, 6) is 1.23. The van der Waals surface area contributed by atoms with E-state index in [1.54, 1.807) is 6.07 Å². The van der Waals surface area contributed by atoms with E-state index in [1.165, 1.54) is 6.54 Å². The first kappa shape index (κ1) is 21.2. The third-order valence-electron chi connectivity index (χ3n) is 6.23. The van der Waals surface area contributed by atoms with Gasteiger partial charge in [-0.15, -0.1) is 4.98 Å². The van der Waals surface area contributed by atoms with Gasteiger partial charge in [0.05, 0.1) is 5.60 Å². The number of ether oxygens (including phenoxy) is 1. The molecule has 1 aromatic rings. The Balaban J connectivity index is 1.72. The van der Waals surface area contributed by atoms with E-state index in [0.29, 0.717) is 5.82 Å². The summed E-state index contributed by atoms with van der Waals surface area (Å²) < 4.78 is 6.08. The van der Waals surface area contributed by atoms with Gasteiger partial charge in [0.25, 0.3) is 5.82 Å². The van der Waals surface area contributed by atoms with Gasteiger partial charge >= 0.3 is 0 Å². The summed E-state index contributed by atoms with van der Waals surface area (Å²) in [7, 11) is 0. The van der Waals surface area contributed by atoms with Crippen LogP contribution >= 0.6 is 0 Å². The molecule has 3 heterocycles. The van der Waals surface area contributed by atoms with Crippen LogP contribution in [0.2, 0.25) is 0 Å². The van der Waals surface area contributed by atoms with E-state index < -0.39 is 0 Å². The van der Waals surface area contributed by atoms with E-state index in [1.807, 2.05) is 6.07 Å². The maximum absolute atomic E-state index is 7.22. The van der Waals surface area contributed by atoms with E-state index in [2.05, 4.69) is 53.4 Å². The molecule has 0 saturated carbocycles. The number of rotatable bonds is 6. The minimum atomic E-state index is -0.0842. The summed E-state index contributed by atoms with van der Waals surface area (Å²) >= 11 is 0. The predicted octanol–water partition coefficient (Wildman–Crippen LogP) is 4.17. The van der Waals surface area contributed by atoms with Gasteiger partial charge in [0, 0.05) is 51.3 Å². The minimum absolute atomic E-state index is 0.0842. The van der Waals surface area contributed by atoms with Gasteiger partial charge in [-0.2, -0.15) is 0 Å². The van der Waals surface area contributed by atoms with Gasteiger partial charge in [-0.1, -0.05) is 26.5 Å². The quantitative estimate of drug-likeness (QED) is 0.689. The highest BCUT2D eigenvalue weighted by atomic mass is 16.5. The first-order chi connectivity index (χ1) is 13.3. The van der Waals surface area contributed by atoms with Crippen LogP contribution in [0.25, 0.3) is 4.85 Å². The molecule has 1 atom stereocenters. The molecule has 3 rings (SSSR count). The molecule has 5 heteroatoms. The average molecular weight is 385 g/mol. The SMILES string of the molecule is [C-]#[N+]c1cccc(CCC2(N3CCN(CC(C)C)CC3)CCOC(C)(C)C2)n1. The zero-order chi connectivity index (χ0) is 20.2. The second kappa shape index (κ2) is 8.90. The Kier molecular flexibility index (Phi) is 6.75. The molecule has 154 valence electrons. The normalized spacial score (nSPS) is 26.3. The zero-order valence-corrected chi connectivity index (χ0v) is 18.1. The molecule has 0 amide bonds. The monoisotopic (exact) mass is 384 g/mol. The topological polar surface area (TPSA) is 33.0 Å². The average Bonchev–Trinajstić information content (AvgIpc) is 2.66. The lowest BCUT2D eigenvalue weighted by Crippen LogP contribution is -2.62. The van der Waals surface area contributed by atoms with Crippen LogP contribution in [0, 0.1) is 12.5 Å². The maximum atomic E-state index is 7.22. The van der Waals surface area contributed by atoms with Gasteiger partial charge in [-0.25, -0.2) is 0 Å². The Hall–Kier alpha value is -1.48. The van der Waals surface area contributed by atoms with Crippen molar-refractivity contribution in [3.8, 4) is 0 Å². The summed E-state index contributed by atoms with van der Waals surface area (Å²) in [5, 5.41) is 0. The smallest absolute Gasteiger partial charge is 0.269 e. The van der Waals surface area contributed by atoms with Gasteiger partial charge < -0.3 is 14.5 Å². The second-order valence-corrected chi connectivity index (χ2v) is 9.54. The lowest BCUT2D eigenvalue weighted by Gasteiger charge is -2.53. The molecule has 2 fully saturated rings. The number of piperazine rings is 1. The third kappa shape index (κ3) is 5.31. The number of hydrogen-bond acceptors (Lipinski definition) is 4. The van der Waals surface area contributed by atoms with Crippen molar-refractivity contribution in [1.82, 2.24) is 14.8 Å². The summed E-state index contributed by atoms with van der Waals surface area (Å²) in [6, 6.07) is 5.81. The molecule has 2 aliphatic rings. The molecule has 0 radical (unpaired) electrons. The van der Waals surface area contributed by atoms with Crippen molar-refractivity contribution < 1.29 is 4.74 Å². The summed E-state index contributed by atoms with van der Waals surface area (Å²) in [6.07, 6.45) is 4.15. The standard InChI is InChI=1S/C23H36N4O/c1-19(2)17-26-12-14-27(15-13-26)23(11-16-28-22(3,4)18-23)10-9-20-7-6-8-21(24-5)25-20/h6-8,19H,9-18H2,1-4H3. The molecule has 2 saturated heterocycles. The highest BCUT2D eigenvalue weighted by molar-refractivity contribution is 5.36. The molecule has 0 aromatic carbocycles. The largest absolute Gasteiger partial charge is 0.375 e. The second-order valence-electron chi connectivity index (χ2n) is 9.54. The van der Waals surface area contributed by atoms with Crippen molar-refractivity contribution >= 4 is 5.82 Å². The number of aryl methyl sites for hydroxylation is 1. The van der Waals surface area contributed by atoms with E-state index in [-0.39, 0.29) is 11.1 Å². The molecule has 1 unspecified atom stereocenters. The molecule has 1 aromatic heterocycles. The Morgan fingerprint density at radius 2 is 1.96 bits per heavy atom. The zero-order valence-electron chi connectivity index (χ0n) is 18.1. The van der Waals surface area contributed by atoms with Crippen LogP contribution in [-0.4, -0.2) is 65.3 Å². The molecule has 5 nitrogen and oxygen atoms in total. The number of pyridine rings is 1. The fourth-order valence-corrected chi connectivity index (χ4v) is 5.04. The Bertz CT molecular complexity index is 688. The van der Waals surface area contributed by atoms with Crippen molar-refractivity contribution in [2.24, 2.45) is 5.92 Å². The van der Waals surface area contributed by atoms with Crippen LogP contribution in [0.3, 0.4) is 0 Å². The molecular weight excluding hydrogens is 348 g/mol. The predicted molar refractivity (Wildman–Crippen MR) is 114 cm³/mol. The van der Waals surface area contributed by atoms with Crippen LogP contribution in [0.15, 0.2) is 18.2 Å². The minimum Gasteiger partial charge on any atom is -0.375 e. The van der Waals surface area contributed by atoms with Crippen LogP contribution in [-0.2, 0) is 11.2 Å². The summed E-state index contributed by atoms with van der Waals surface area (Å²) in [6.45, 7) is 22.9. The molecule has 0 N–H and O–H groups in total. The van der Waals surface area contributed by atoms with Crippen LogP contribution in [0.1, 0.15) is 52.7 Å². The summed E-state index contributed by atoms with van der Waals surface area (Å²) in [4.78, 5) is 13.4. The van der Waals surface area contributed by atoms with Crippen molar-refractivity contribution in [1.29, 1.82) is 0 Å². The molecule has 28 heavy (non-hydrogen) atoms. The third-order valence-corrected chi connectivity index (χ3v) is 6.23.